The normalized spacial score (nSPS) is 11.6. The third-order valence-electron chi connectivity index (χ3n) is 2.89. The zero-order valence-electron chi connectivity index (χ0n) is 10.9. The predicted molar refractivity (Wildman–Crippen MR) is 75.0 cm³/mol. The number of ether oxygens (including phenoxy) is 2. The molecule has 3 aromatic rings. The number of hydrogen-bond acceptors (Lipinski definition) is 5. The smallest absolute Gasteiger partial charge is 0.216 e. The first kappa shape index (κ1) is 13.2. The average Bonchev–Trinajstić information content (AvgIpc) is 3.06. The number of H-pyrrole nitrogens is 1. The van der Waals surface area contributed by atoms with Crippen LogP contribution in [0.25, 0.3) is 16.9 Å². The Labute approximate surface area is 123 Å². The van der Waals surface area contributed by atoms with Crippen LogP contribution >= 0.6 is 15.9 Å². The van der Waals surface area contributed by atoms with Crippen molar-refractivity contribution in [3.05, 3.63) is 35.1 Å². The average molecular weight is 338 g/mol. The summed E-state index contributed by atoms with van der Waals surface area (Å²) in [6, 6.07) is 3.83. The van der Waals surface area contributed by atoms with Crippen LogP contribution in [0.2, 0.25) is 0 Å². The standard InChI is InChI=1S/C12H12BrN5O2/c1-19-12(20-2)11-16-9(10(13)17-11)7-3-4-8-14-6-15-18(8)5-7/h3-6,12H,1-2H3,(H,16,17). The minimum absolute atomic E-state index is 0.532. The van der Waals surface area contributed by atoms with Crippen LogP contribution in [0.5, 0.6) is 0 Å². The number of aromatic amines is 1. The van der Waals surface area contributed by atoms with Gasteiger partial charge in [0.05, 0.1) is 5.69 Å². The molecule has 0 aliphatic heterocycles. The Morgan fingerprint density at radius 2 is 2.10 bits per heavy atom. The maximum atomic E-state index is 5.18. The molecule has 0 fully saturated rings. The number of imidazole rings is 1. The summed E-state index contributed by atoms with van der Waals surface area (Å²) >= 11 is 3.44. The molecule has 0 unspecified atom stereocenters. The fourth-order valence-electron chi connectivity index (χ4n) is 1.96. The van der Waals surface area contributed by atoms with Crippen LogP contribution in [0.15, 0.2) is 29.3 Å². The monoisotopic (exact) mass is 337 g/mol. The molecule has 1 N–H and O–H groups in total. The van der Waals surface area contributed by atoms with E-state index in [4.69, 9.17) is 9.47 Å². The molecule has 7 nitrogen and oxygen atoms in total. The van der Waals surface area contributed by atoms with Crippen molar-refractivity contribution in [2.24, 2.45) is 0 Å². The summed E-state index contributed by atoms with van der Waals surface area (Å²) in [5.41, 5.74) is 2.55. The van der Waals surface area contributed by atoms with E-state index in [0.29, 0.717) is 10.4 Å². The molecule has 3 rings (SSSR count). The molecule has 3 heterocycles. The van der Waals surface area contributed by atoms with Crippen molar-refractivity contribution in [1.82, 2.24) is 24.6 Å². The molecule has 0 spiro atoms. The summed E-state index contributed by atoms with van der Waals surface area (Å²) in [7, 11) is 3.12. The SMILES string of the molecule is COC(OC)c1nc(Br)c(-c2ccc3ncnn3c2)[nH]1. The zero-order chi connectivity index (χ0) is 14.1. The molecular weight excluding hydrogens is 326 g/mol. The fraction of sp³-hybridized carbons (Fsp3) is 0.250. The van der Waals surface area contributed by atoms with Crippen LogP contribution in [-0.2, 0) is 9.47 Å². The second-order valence-electron chi connectivity index (χ2n) is 4.07. The number of nitrogens with zero attached hydrogens (tertiary/aromatic N) is 4. The highest BCUT2D eigenvalue weighted by Gasteiger charge is 2.17. The number of aromatic nitrogens is 5. The number of hydrogen-bond donors (Lipinski definition) is 1. The van der Waals surface area contributed by atoms with Gasteiger partial charge < -0.3 is 14.5 Å². The first-order valence-corrected chi connectivity index (χ1v) is 6.63. The molecule has 0 saturated carbocycles. The lowest BCUT2D eigenvalue weighted by Crippen LogP contribution is -2.05. The van der Waals surface area contributed by atoms with Crippen LogP contribution in [0, 0.1) is 0 Å². The van der Waals surface area contributed by atoms with Gasteiger partial charge in [-0.25, -0.2) is 14.5 Å². The maximum Gasteiger partial charge on any atom is 0.216 e. The van der Waals surface area contributed by atoms with E-state index < -0.39 is 6.29 Å². The van der Waals surface area contributed by atoms with Gasteiger partial charge in [-0.1, -0.05) is 0 Å². The van der Waals surface area contributed by atoms with E-state index in [1.54, 1.807) is 18.7 Å². The largest absolute Gasteiger partial charge is 0.349 e. The minimum Gasteiger partial charge on any atom is -0.349 e. The molecule has 0 amide bonds. The van der Waals surface area contributed by atoms with Gasteiger partial charge >= 0.3 is 0 Å². The first-order chi connectivity index (χ1) is 9.72. The van der Waals surface area contributed by atoms with Crippen molar-refractivity contribution in [3.8, 4) is 11.3 Å². The van der Waals surface area contributed by atoms with E-state index in [-0.39, 0.29) is 0 Å². The van der Waals surface area contributed by atoms with E-state index in [1.807, 2.05) is 18.3 Å². The predicted octanol–water partition coefficient (Wildman–Crippen LogP) is 2.17. The first-order valence-electron chi connectivity index (χ1n) is 5.83. The fourth-order valence-corrected chi connectivity index (χ4v) is 2.48. The lowest BCUT2D eigenvalue weighted by atomic mass is 10.2. The zero-order valence-corrected chi connectivity index (χ0v) is 12.5. The lowest BCUT2D eigenvalue weighted by molar-refractivity contribution is -0.111. The Hall–Kier alpha value is -1.77. The highest BCUT2D eigenvalue weighted by molar-refractivity contribution is 9.10. The molecule has 20 heavy (non-hydrogen) atoms. The van der Waals surface area contributed by atoms with Crippen LogP contribution in [0.4, 0.5) is 0 Å². The van der Waals surface area contributed by atoms with E-state index in [9.17, 15) is 0 Å². The minimum atomic E-state index is -0.532. The van der Waals surface area contributed by atoms with Crippen LogP contribution in [-0.4, -0.2) is 38.8 Å². The van der Waals surface area contributed by atoms with Gasteiger partial charge in [-0.3, -0.25) is 0 Å². The van der Waals surface area contributed by atoms with Crippen LogP contribution in [0.3, 0.4) is 0 Å². The maximum absolute atomic E-state index is 5.18. The Morgan fingerprint density at radius 1 is 1.30 bits per heavy atom. The van der Waals surface area contributed by atoms with Crippen molar-refractivity contribution in [1.29, 1.82) is 0 Å². The summed E-state index contributed by atoms with van der Waals surface area (Å²) in [5, 5.41) is 4.12. The van der Waals surface area contributed by atoms with Gasteiger partial charge in [-0.15, -0.1) is 0 Å². The summed E-state index contributed by atoms with van der Waals surface area (Å²) in [4.78, 5) is 11.7. The van der Waals surface area contributed by atoms with Gasteiger partial charge in [-0.05, 0) is 28.1 Å². The van der Waals surface area contributed by atoms with Gasteiger partial charge in [0.2, 0.25) is 6.29 Å². The number of fused-ring (bicyclic) bond motifs is 1. The molecule has 0 bridgehead atoms. The van der Waals surface area contributed by atoms with Crippen molar-refractivity contribution in [2.45, 2.75) is 6.29 Å². The molecule has 0 aliphatic carbocycles. The third-order valence-corrected chi connectivity index (χ3v) is 3.47. The van der Waals surface area contributed by atoms with E-state index >= 15 is 0 Å². The van der Waals surface area contributed by atoms with E-state index in [1.165, 1.54) is 6.33 Å². The quantitative estimate of drug-likeness (QED) is 0.738. The van der Waals surface area contributed by atoms with Gasteiger partial charge in [-0.2, -0.15) is 5.10 Å². The summed E-state index contributed by atoms with van der Waals surface area (Å²) in [6.45, 7) is 0. The second kappa shape index (κ2) is 5.31. The Morgan fingerprint density at radius 3 is 2.85 bits per heavy atom. The number of methoxy groups -OCH3 is 2. The molecule has 104 valence electrons. The highest BCUT2D eigenvalue weighted by Crippen LogP contribution is 2.28. The van der Waals surface area contributed by atoms with Crippen LogP contribution in [0.1, 0.15) is 12.1 Å². The van der Waals surface area contributed by atoms with Gasteiger partial charge in [0.25, 0.3) is 0 Å². The summed E-state index contributed by atoms with van der Waals surface area (Å²) in [6.07, 6.45) is 2.85. The van der Waals surface area contributed by atoms with Gasteiger partial charge in [0, 0.05) is 26.0 Å². The summed E-state index contributed by atoms with van der Waals surface area (Å²) in [5.74, 6) is 0.593. The summed E-state index contributed by atoms with van der Waals surface area (Å²) < 4.78 is 12.8. The molecule has 0 saturated heterocycles. The number of pyridine rings is 1. The van der Waals surface area contributed by atoms with Crippen molar-refractivity contribution < 1.29 is 9.47 Å². The third kappa shape index (κ3) is 2.21. The van der Waals surface area contributed by atoms with Crippen molar-refractivity contribution in [2.75, 3.05) is 14.2 Å². The molecule has 0 aliphatic rings. The number of rotatable bonds is 4. The van der Waals surface area contributed by atoms with Gasteiger partial charge in [0.1, 0.15) is 10.9 Å². The van der Waals surface area contributed by atoms with Crippen molar-refractivity contribution in [3.63, 3.8) is 0 Å². The number of halogens is 1. The van der Waals surface area contributed by atoms with E-state index in [2.05, 4.69) is 36.0 Å². The molecular formula is C12H12BrN5O2. The second-order valence-corrected chi connectivity index (χ2v) is 4.82. The number of nitrogens with one attached hydrogen (secondary N) is 1. The lowest BCUT2D eigenvalue weighted by Gasteiger charge is -2.09. The van der Waals surface area contributed by atoms with Crippen LogP contribution < -0.4 is 0 Å². The molecule has 3 aromatic heterocycles. The van der Waals surface area contributed by atoms with E-state index in [0.717, 1.165) is 16.9 Å². The molecule has 0 aromatic carbocycles. The Kier molecular flexibility index (Phi) is 3.51. The Balaban J connectivity index is 2.04. The topological polar surface area (TPSA) is 77.3 Å². The van der Waals surface area contributed by atoms with Crippen molar-refractivity contribution >= 4 is 21.6 Å². The highest BCUT2D eigenvalue weighted by atomic mass is 79.9. The Bertz CT molecular complexity index is 734. The molecule has 0 radical (unpaired) electrons. The molecule has 0 atom stereocenters. The van der Waals surface area contributed by atoms with Gasteiger partial charge in [0.15, 0.2) is 11.5 Å². The molecule has 8 heteroatoms.